The SMILES string of the molecule is O=C(Oc1cccc2ccccc12)N1CCCNCC1. The number of hydrogen-bond donors (Lipinski definition) is 1. The van der Waals surface area contributed by atoms with Gasteiger partial charge >= 0.3 is 6.09 Å². The predicted octanol–water partition coefficient (Wildman–Crippen LogP) is 2.63. The van der Waals surface area contributed by atoms with E-state index in [0.29, 0.717) is 12.3 Å². The van der Waals surface area contributed by atoms with Crippen molar-refractivity contribution in [2.24, 2.45) is 0 Å². The first-order chi connectivity index (χ1) is 9.84. The molecule has 1 aliphatic rings. The molecule has 4 heteroatoms. The highest BCUT2D eigenvalue weighted by Gasteiger charge is 2.17. The number of fused-ring (bicyclic) bond motifs is 1. The van der Waals surface area contributed by atoms with Gasteiger partial charge in [-0.1, -0.05) is 36.4 Å². The molecule has 4 nitrogen and oxygen atoms in total. The fourth-order valence-electron chi connectivity index (χ4n) is 2.47. The highest BCUT2D eigenvalue weighted by molar-refractivity contribution is 5.90. The van der Waals surface area contributed by atoms with Crippen molar-refractivity contribution in [1.29, 1.82) is 0 Å². The summed E-state index contributed by atoms with van der Waals surface area (Å²) in [5.74, 6) is 0.630. The van der Waals surface area contributed by atoms with Crippen LogP contribution in [-0.4, -0.2) is 37.2 Å². The summed E-state index contributed by atoms with van der Waals surface area (Å²) in [6.07, 6.45) is 0.704. The lowest BCUT2D eigenvalue weighted by Gasteiger charge is -2.19. The van der Waals surface area contributed by atoms with E-state index in [1.54, 1.807) is 4.90 Å². The van der Waals surface area contributed by atoms with Crippen molar-refractivity contribution in [1.82, 2.24) is 10.2 Å². The van der Waals surface area contributed by atoms with Gasteiger partial charge in [0.2, 0.25) is 0 Å². The van der Waals surface area contributed by atoms with Crippen LogP contribution in [0.3, 0.4) is 0 Å². The van der Waals surface area contributed by atoms with Gasteiger partial charge in [-0.15, -0.1) is 0 Å². The molecule has 0 aromatic heterocycles. The number of amides is 1. The van der Waals surface area contributed by atoms with Crippen LogP contribution in [0.5, 0.6) is 5.75 Å². The van der Waals surface area contributed by atoms with Crippen molar-refractivity contribution < 1.29 is 9.53 Å². The highest BCUT2D eigenvalue weighted by atomic mass is 16.6. The molecule has 20 heavy (non-hydrogen) atoms. The number of benzene rings is 2. The van der Waals surface area contributed by atoms with Gasteiger partial charge in [-0.05, 0) is 24.4 Å². The van der Waals surface area contributed by atoms with E-state index < -0.39 is 0 Å². The van der Waals surface area contributed by atoms with Gasteiger partial charge < -0.3 is 15.0 Å². The van der Waals surface area contributed by atoms with Crippen LogP contribution in [0.2, 0.25) is 0 Å². The van der Waals surface area contributed by atoms with Crippen molar-refractivity contribution >= 4 is 16.9 Å². The van der Waals surface area contributed by atoms with E-state index in [0.717, 1.165) is 36.8 Å². The Morgan fingerprint density at radius 3 is 2.85 bits per heavy atom. The second kappa shape index (κ2) is 5.92. The summed E-state index contributed by atoms with van der Waals surface area (Å²) in [5.41, 5.74) is 0. The van der Waals surface area contributed by atoms with Crippen molar-refractivity contribution in [3.05, 3.63) is 42.5 Å². The molecule has 0 spiro atoms. The molecule has 3 rings (SSSR count). The summed E-state index contributed by atoms with van der Waals surface area (Å²) in [7, 11) is 0. The second-order valence-electron chi connectivity index (χ2n) is 4.94. The fraction of sp³-hybridized carbons (Fsp3) is 0.312. The van der Waals surface area contributed by atoms with Crippen LogP contribution >= 0.6 is 0 Å². The Labute approximate surface area is 118 Å². The lowest BCUT2D eigenvalue weighted by atomic mass is 10.1. The Morgan fingerprint density at radius 2 is 1.90 bits per heavy atom. The molecular weight excluding hydrogens is 252 g/mol. The van der Waals surface area contributed by atoms with Crippen LogP contribution in [0.4, 0.5) is 4.79 Å². The number of hydrogen-bond acceptors (Lipinski definition) is 3. The molecule has 0 saturated carbocycles. The molecule has 0 atom stereocenters. The smallest absolute Gasteiger partial charge is 0.410 e. The molecule has 0 radical (unpaired) electrons. The summed E-state index contributed by atoms with van der Waals surface area (Å²) in [4.78, 5) is 14.0. The lowest BCUT2D eigenvalue weighted by molar-refractivity contribution is 0.156. The minimum atomic E-state index is -0.259. The summed E-state index contributed by atoms with van der Waals surface area (Å²) in [6, 6.07) is 13.7. The standard InChI is InChI=1S/C16H18N2O2/c19-16(18-11-4-9-17-10-12-18)20-15-8-3-6-13-5-1-2-7-14(13)15/h1-3,5-8,17H,4,9-12H2. The number of nitrogens with one attached hydrogen (secondary N) is 1. The molecule has 0 unspecified atom stereocenters. The Bertz CT molecular complexity index is 599. The Kier molecular flexibility index (Phi) is 3.83. The quantitative estimate of drug-likeness (QED) is 0.866. The maximum absolute atomic E-state index is 12.2. The molecule has 0 bridgehead atoms. The topological polar surface area (TPSA) is 41.6 Å². The van der Waals surface area contributed by atoms with Crippen LogP contribution in [0, 0.1) is 0 Å². The molecule has 1 fully saturated rings. The van der Waals surface area contributed by atoms with Gasteiger partial charge in [0.05, 0.1) is 0 Å². The molecular formula is C16H18N2O2. The zero-order valence-corrected chi connectivity index (χ0v) is 11.3. The number of rotatable bonds is 1. The molecule has 1 saturated heterocycles. The molecule has 1 amide bonds. The van der Waals surface area contributed by atoms with E-state index >= 15 is 0 Å². The van der Waals surface area contributed by atoms with E-state index in [4.69, 9.17) is 4.74 Å². The Morgan fingerprint density at radius 1 is 1.05 bits per heavy atom. The first-order valence-electron chi connectivity index (χ1n) is 7.00. The summed E-state index contributed by atoms with van der Waals surface area (Å²) < 4.78 is 5.58. The third kappa shape index (κ3) is 2.75. The van der Waals surface area contributed by atoms with Crippen LogP contribution < -0.4 is 10.1 Å². The van der Waals surface area contributed by atoms with E-state index in [1.807, 2.05) is 42.5 Å². The van der Waals surface area contributed by atoms with Gasteiger partial charge in [-0.3, -0.25) is 0 Å². The zero-order valence-electron chi connectivity index (χ0n) is 11.3. The lowest BCUT2D eigenvalue weighted by Crippen LogP contribution is -2.36. The zero-order chi connectivity index (χ0) is 13.8. The molecule has 1 N–H and O–H groups in total. The van der Waals surface area contributed by atoms with Crippen LogP contribution in [0.25, 0.3) is 10.8 Å². The van der Waals surface area contributed by atoms with Gasteiger partial charge in [0.25, 0.3) is 0 Å². The predicted molar refractivity (Wildman–Crippen MR) is 79.0 cm³/mol. The maximum Gasteiger partial charge on any atom is 0.415 e. The van der Waals surface area contributed by atoms with Crippen molar-refractivity contribution in [2.45, 2.75) is 6.42 Å². The summed E-state index contributed by atoms with van der Waals surface area (Å²) in [5, 5.41) is 5.32. The van der Waals surface area contributed by atoms with E-state index in [2.05, 4.69) is 5.32 Å². The molecule has 0 aliphatic carbocycles. The number of ether oxygens (including phenoxy) is 1. The molecule has 2 aromatic carbocycles. The van der Waals surface area contributed by atoms with Gasteiger partial charge in [-0.2, -0.15) is 0 Å². The minimum absolute atomic E-state index is 0.259. The van der Waals surface area contributed by atoms with Gasteiger partial charge in [-0.25, -0.2) is 4.79 Å². The Balaban J connectivity index is 1.80. The van der Waals surface area contributed by atoms with Gasteiger partial charge in [0.15, 0.2) is 0 Å². The average molecular weight is 270 g/mol. The first kappa shape index (κ1) is 12.9. The van der Waals surface area contributed by atoms with Crippen molar-refractivity contribution in [2.75, 3.05) is 26.2 Å². The van der Waals surface area contributed by atoms with Crippen molar-refractivity contribution in [3.63, 3.8) is 0 Å². The van der Waals surface area contributed by atoms with E-state index in [1.165, 1.54) is 0 Å². The highest BCUT2D eigenvalue weighted by Crippen LogP contribution is 2.25. The second-order valence-corrected chi connectivity index (χ2v) is 4.94. The molecule has 1 heterocycles. The van der Waals surface area contributed by atoms with Crippen molar-refractivity contribution in [3.8, 4) is 5.75 Å². The van der Waals surface area contributed by atoms with E-state index in [9.17, 15) is 4.79 Å². The number of nitrogens with zero attached hydrogens (tertiary/aromatic N) is 1. The van der Waals surface area contributed by atoms with Gasteiger partial charge in [0.1, 0.15) is 5.75 Å². The number of carbonyl (C=O) groups is 1. The minimum Gasteiger partial charge on any atom is -0.410 e. The monoisotopic (exact) mass is 270 g/mol. The van der Waals surface area contributed by atoms with Crippen LogP contribution in [0.1, 0.15) is 6.42 Å². The van der Waals surface area contributed by atoms with Crippen LogP contribution in [0.15, 0.2) is 42.5 Å². The van der Waals surface area contributed by atoms with Gasteiger partial charge in [0, 0.05) is 25.0 Å². The third-order valence-electron chi connectivity index (χ3n) is 3.55. The summed E-state index contributed by atoms with van der Waals surface area (Å²) in [6.45, 7) is 3.23. The average Bonchev–Trinajstić information content (AvgIpc) is 2.77. The maximum atomic E-state index is 12.2. The Hall–Kier alpha value is -2.07. The third-order valence-corrected chi connectivity index (χ3v) is 3.55. The molecule has 2 aromatic rings. The largest absolute Gasteiger partial charge is 0.415 e. The molecule has 104 valence electrons. The molecule has 1 aliphatic heterocycles. The summed E-state index contributed by atoms with van der Waals surface area (Å²) >= 11 is 0. The normalized spacial score (nSPS) is 15.9. The van der Waals surface area contributed by atoms with E-state index in [-0.39, 0.29) is 6.09 Å². The number of carbonyl (C=O) groups excluding carboxylic acids is 1. The fourth-order valence-corrected chi connectivity index (χ4v) is 2.47. The first-order valence-corrected chi connectivity index (χ1v) is 7.00. The van der Waals surface area contributed by atoms with Crippen LogP contribution in [-0.2, 0) is 0 Å².